The second kappa shape index (κ2) is 6.48. The standard InChI is InChI=1S/C16H16F4N2O4S/c1-10-8-15(5-6-21-10)9-13(26-27(24,25)16(18,19)20)14(23)22(15)12-4-2-3-11(17)7-12/h2-4,7,9-10,21H,5-6,8H2,1H3/t10-,15+/m0/s1. The number of hydrogen-bond acceptors (Lipinski definition) is 5. The lowest BCUT2D eigenvalue weighted by Gasteiger charge is -2.43. The smallest absolute Gasteiger partial charge is 0.370 e. The number of nitrogens with zero attached hydrogens (tertiary/aromatic N) is 1. The van der Waals surface area contributed by atoms with Gasteiger partial charge in [-0.2, -0.15) is 21.6 Å². The van der Waals surface area contributed by atoms with E-state index in [2.05, 4.69) is 9.50 Å². The minimum atomic E-state index is -6.00. The molecular formula is C16H16F4N2O4S. The van der Waals surface area contributed by atoms with Crippen LogP contribution >= 0.6 is 0 Å². The lowest BCUT2D eigenvalue weighted by atomic mass is 9.84. The second-order valence-electron chi connectivity index (χ2n) is 6.53. The van der Waals surface area contributed by atoms with Crippen molar-refractivity contribution in [2.45, 2.75) is 36.9 Å². The number of amides is 1. The van der Waals surface area contributed by atoms with Gasteiger partial charge < -0.3 is 9.50 Å². The zero-order valence-corrected chi connectivity index (χ0v) is 14.9. The monoisotopic (exact) mass is 408 g/mol. The van der Waals surface area contributed by atoms with Crippen molar-refractivity contribution in [2.75, 3.05) is 11.4 Å². The van der Waals surface area contributed by atoms with Crippen LogP contribution in [0.25, 0.3) is 0 Å². The number of carbonyl (C=O) groups is 1. The molecule has 2 heterocycles. The molecule has 1 fully saturated rings. The van der Waals surface area contributed by atoms with Crippen LogP contribution in [-0.2, 0) is 19.1 Å². The summed E-state index contributed by atoms with van der Waals surface area (Å²) in [5.74, 6) is -2.65. The van der Waals surface area contributed by atoms with Gasteiger partial charge in [-0.15, -0.1) is 0 Å². The first-order valence-electron chi connectivity index (χ1n) is 8.02. The van der Waals surface area contributed by atoms with Crippen molar-refractivity contribution in [3.05, 3.63) is 41.9 Å². The molecule has 11 heteroatoms. The van der Waals surface area contributed by atoms with Gasteiger partial charge in [-0.25, -0.2) is 4.39 Å². The van der Waals surface area contributed by atoms with Gasteiger partial charge >= 0.3 is 15.6 Å². The molecule has 2 aliphatic heterocycles. The van der Waals surface area contributed by atoms with Crippen LogP contribution in [0.15, 0.2) is 36.1 Å². The van der Waals surface area contributed by atoms with E-state index in [0.717, 1.165) is 23.1 Å². The Morgan fingerprint density at radius 1 is 1.33 bits per heavy atom. The van der Waals surface area contributed by atoms with Crippen molar-refractivity contribution in [1.82, 2.24) is 5.32 Å². The molecule has 0 radical (unpaired) electrons. The van der Waals surface area contributed by atoms with E-state index < -0.39 is 38.6 Å². The zero-order chi connectivity index (χ0) is 20.0. The average molecular weight is 408 g/mol. The van der Waals surface area contributed by atoms with Crippen molar-refractivity contribution in [3.8, 4) is 0 Å². The largest absolute Gasteiger partial charge is 0.534 e. The Labute approximate surface area is 152 Å². The number of halogens is 4. The number of anilines is 1. The number of piperidine rings is 1. The highest BCUT2D eigenvalue weighted by Gasteiger charge is 2.54. The third-order valence-corrected chi connectivity index (χ3v) is 5.48. The molecule has 0 aromatic heterocycles. The highest BCUT2D eigenvalue weighted by molar-refractivity contribution is 7.87. The molecule has 148 valence electrons. The molecule has 1 aromatic carbocycles. The predicted octanol–water partition coefficient (Wildman–Crippen LogP) is 2.43. The third kappa shape index (κ3) is 3.53. The van der Waals surface area contributed by atoms with E-state index in [9.17, 15) is 30.8 Å². The topological polar surface area (TPSA) is 75.7 Å². The molecule has 0 bridgehead atoms. The first kappa shape index (κ1) is 19.6. The SMILES string of the molecule is C[C@H]1C[C@@]2(C=C(OS(=O)(=O)C(F)(F)F)C(=O)N2c2cccc(F)c2)CCN1. The number of carbonyl (C=O) groups excluding carboxylic acids is 1. The second-order valence-corrected chi connectivity index (χ2v) is 8.06. The maximum absolute atomic E-state index is 13.7. The summed E-state index contributed by atoms with van der Waals surface area (Å²) in [5, 5.41) is 3.14. The first-order chi connectivity index (χ1) is 12.5. The van der Waals surface area contributed by atoms with E-state index in [0.29, 0.717) is 13.0 Å². The summed E-state index contributed by atoms with van der Waals surface area (Å²) >= 11 is 0. The maximum Gasteiger partial charge on any atom is 0.534 e. The summed E-state index contributed by atoms with van der Waals surface area (Å²) in [6.07, 6.45) is 1.67. The Balaban J connectivity index is 2.06. The summed E-state index contributed by atoms with van der Waals surface area (Å²) in [4.78, 5) is 13.9. The molecule has 1 spiro atoms. The van der Waals surface area contributed by atoms with Gasteiger partial charge in [0.25, 0.3) is 5.91 Å². The molecule has 1 N–H and O–H groups in total. The van der Waals surface area contributed by atoms with E-state index in [1.807, 2.05) is 6.92 Å². The fourth-order valence-corrected chi connectivity index (χ4v) is 3.92. The number of hydrogen-bond donors (Lipinski definition) is 1. The Hall–Kier alpha value is -2.14. The molecule has 2 atom stereocenters. The van der Waals surface area contributed by atoms with Gasteiger partial charge in [-0.05, 0) is 50.6 Å². The summed E-state index contributed by atoms with van der Waals surface area (Å²) < 4.78 is 78.5. The fourth-order valence-electron chi connectivity index (χ4n) is 3.47. The maximum atomic E-state index is 13.7. The zero-order valence-electron chi connectivity index (χ0n) is 14.1. The molecule has 0 unspecified atom stereocenters. The van der Waals surface area contributed by atoms with Crippen LogP contribution in [0.1, 0.15) is 19.8 Å². The molecule has 1 aromatic rings. The molecule has 27 heavy (non-hydrogen) atoms. The van der Waals surface area contributed by atoms with E-state index in [4.69, 9.17) is 0 Å². The van der Waals surface area contributed by atoms with Crippen molar-refractivity contribution >= 4 is 21.7 Å². The third-order valence-electron chi connectivity index (χ3n) is 4.52. The minimum Gasteiger partial charge on any atom is -0.370 e. The van der Waals surface area contributed by atoms with Crippen LogP contribution in [-0.4, -0.2) is 38.0 Å². The van der Waals surface area contributed by atoms with Crippen molar-refractivity contribution in [2.24, 2.45) is 0 Å². The number of benzene rings is 1. The van der Waals surface area contributed by atoms with Gasteiger partial charge in [0.1, 0.15) is 5.82 Å². The van der Waals surface area contributed by atoms with E-state index in [1.54, 1.807) is 0 Å². The molecule has 0 saturated carbocycles. The summed E-state index contributed by atoms with van der Waals surface area (Å²) in [6, 6.07) is 4.87. The van der Waals surface area contributed by atoms with Crippen molar-refractivity contribution in [1.29, 1.82) is 0 Å². The van der Waals surface area contributed by atoms with Gasteiger partial charge in [-0.3, -0.25) is 9.69 Å². The first-order valence-corrected chi connectivity index (χ1v) is 9.43. The summed E-state index contributed by atoms with van der Waals surface area (Å²) in [5.41, 5.74) is -6.69. The lowest BCUT2D eigenvalue weighted by Crippen LogP contribution is -2.55. The van der Waals surface area contributed by atoms with Crippen LogP contribution in [0.2, 0.25) is 0 Å². The van der Waals surface area contributed by atoms with Gasteiger partial charge in [0.2, 0.25) is 5.76 Å². The van der Waals surface area contributed by atoms with Gasteiger partial charge in [0.15, 0.2) is 0 Å². The molecule has 1 amide bonds. The van der Waals surface area contributed by atoms with E-state index in [-0.39, 0.29) is 18.2 Å². The highest BCUT2D eigenvalue weighted by Crippen LogP contribution is 2.42. The van der Waals surface area contributed by atoms with E-state index >= 15 is 0 Å². The average Bonchev–Trinajstić information content (AvgIpc) is 2.76. The van der Waals surface area contributed by atoms with Crippen LogP contribution in [0.4, 0.5) is 23.2 Å². The Bertz CT molecular complexity index is 900. The normalized spacial score (nSPS) is 26.4. The molecule has 1 saturated heterocycles. The Kier molecular flexibility index (Phi) is 4.71. The van der Waals surface area contributed by atoms with Crippen LogP contribution in [0, 0.1) is 5.82 Å². The lowest BCUT2D eigenvalue weighted by molar-refractivity contribution is -0.117. The summed E-state index contributed by atoms with van der Waals surface area (Å²) in [7, 11) is -6.00. The van der Waals surface area contributed by atoms with Gasteiger partial charge in [-0.1, -0.05) is 6.07 Å². The molecule has 2 aliphatic rings. The Morgan fingerprint density at radius 2 is 2.04 bits per heavy atom. The quantitative estimate of drug-likeness (QED) is 0.472. The van der Waals surface area contributed by atoms with E-state index in [1.165, 1.54) is 12.1 Å². The van der Waals surface area contributed by atoms with Crippen LogP contribution in [0.3, 0.4) is 0 Å². The fraction of sp³-hybridized carbons (Fsp3) is 0.438. The van der Waals surface area contributed by atoms with Gasteiger partial charge in [0.05, 0.1) is 5.54 Å². The van der Waals surface area contributed by atoms with Crippen molar-refractivity contribution in [3.63, 3.8) is 0 Å². The molecule has 6 nitrogen and oxygen atoms in total. The number of rotatable bonds is 3. The summed E-state index contributed by atoms with van der Waals surface area (Å²) in [6.45, 7) is 2.24. The van der Waals surface area contributed by atoms with Crippen LogP contribution < -0.4 is 10.2 Å². The molecular weight excluding hydrogens is 392 g/mol. The number of alkyl halides is 3. The molecule has 0 aliphatic carbocycles. The highest BCUT2D eigenvalue weighted by atomic mass is 32.2. The van der Waals surface area contributed by atoms with Crippen LogP contribution in [0.5, 0.6) is 0 Å². The molecule has 3 rings (SSSR count). The minimum absolute atomic E-state index is 0.105. The Morgan fingerprint density at radius 3 is 2.63 bits per heavy atom. The number of nitrogens with one attached hydrogen (secondary N) is 1. The predicted molar refractivity (Wildman–Crippen MR) is 87.5 cm³/mol. The van der Waals surface area contributed by atoms with Gasteiger partial charge in [0, 0.05) is 11.7 Å². The van der Waals surface area contributed by atoms with Crippen molar-refractivity contribution < 1.29 is 35.0 Å².